The van der Waals surface area contributed by atoms with Crippen LogP contribution in [0.25, 0.3) is 5.69 Å². The Balaban J connectivity index is 2.45. The fraction of sp³-hybridized carbons (Fsp3) is 0.375. The predicted molar refractivity (Wildman–Crippen MR) is 78.1 cm³/mol. The number of para-hydroxylation sites is 1. The van der Waals surface area contributed by atoms with Gasteiger partial charge >= 0.3 is 5.97 Å². The molecular weight excluding hydrogens is 252 g/mol. The Bertz CT molecular complexity index is 573. The molecular formula is C16H20N2O2. The van der Waals surface area contributed by atoms with Crippen molar-refractivity contribution in [1.29, 1.82) is 0 Å². The molecule has 0 unspecified atom stereocenters. The summed E-state index contributed by atoms with van der Waals surface area (Å²) in [4.78, 5) is 12.0. The van der Waals surface area contributed by atoms with Gasteiger partial charge in [-0.1, -0.05) is 32.0 Å². The monoisotopic (exact) mass is 272 g/mol. The molecule has 2 rings (SSSR count). The summed E-state index contributed by atoms with van der Waals surface area (Å²) in [6, 6.07) is 9.83. The third kappa shape index (κ3) is 3.07. The number of esters is 1. The van der Waals surface area contributed by atoms with Gasteiger partial charge in [-0.25, -0.2) is 9.48 Å². The Morgan fingerprint density at radius 3 is 2.60 bits per heavy atom. The fourth-order valence-electron chi connectivity index (χ4n) is 2.13. The average molecular weight is 272 g/mol. The van der Waals surface area contributed by atoms with Crippen LogP contribution in [0.5, 0.6) is 0 Å². The maximum absolute atomic E-state index is 12.0. The molecule has 1 aromatic heterocycles. The topological polar surface area (TPSA) is 44.1 Å². The van der Waals surface area contributed by atoms with E-state index in [2.05, 4.69) is 18.9 Å². The third-order valence-electron chi connectivity index (χ3n) is 2.97. The second-order valence-electron chi connectivity index (χ2n) is 5.07. The summed E-state index contributed by atoms with van der Waals surface area (Å²) in [7, 11) is 0. The Kier molecular flexibility index (Phi) is 4.56. The summed E-state index contributed by atoms with van der Waals surface area (Å²) >= 11 is 0. The van der Waals surface area contributed by atoms with Crippen LogP contribution in [0.2, 0.25) is 0 Å². The van der Waals surface area contributed by atoms with Crippen molar-refractivity contribution >= 4 is 5.97 Å². The molecule has 0 saturated heterocycles. The van der Waals surface area contributed by atoms with Crippen LogP contribution >= 0.6 is 0 Å². The van der Waals surface area contributed by atoms with E-state index >= 15 is 0 Å². The Hall–Kier alpha value is -2.10. The SMILES string of the molecule is CCOC(=O)c1cnn(-c2ccccc2)c1CC(C)C. The fourth-order valence-corrected chi connectivity index (χ4v) is 2.13. The van der Waals surface area contributed by atoms with Gasteiger partial charge in [0.05, 0.1) is 24.2 Å². The van der Waals surface area contributed by atoms with E-state index in [1.165, 1.54) is 0 Å². The van der Waals surface area contributed by atoms with Gasteiger partial charge in [-0.05, 0) is 31.4 Å². The number of benzene rings is 1. The zero-order valence-electron chi connectivity index (χ0n) is 12.2. The summed E-state index contributed by atoms with van der Waals surface area (Å²) in [5, 5.41) is 4.36. The summed E-state index contributed by atoms with van der Waals surface area (Å²) in [5.74, 6) is 0.132. The van der Waals surface area contributed by atoms with Gasteiger partial charge in [0, 0.05) is 0 Å². The molecule has 4 nitrogen and oxygen atoms in total. The Morgan fingerprint density at radius 1 is 1.30 bits per heavy atom. The molecule has 106 valence electrons. The van der Waals surface area contributed by atoms with E-state index in [4.69, 9.17) is 4.74 Å². The number of rotatable bonds is 5. The minimum Gasteiger partial charge on any atom is -0.462 e. The molecule has 0 aliphatic rings. The minimum atomic E-state index is -0.301. The molecule has 0 spiro atoms. The molecule has 0 amide bonds. The van der Waals surface area contributed by atoms with Crippen molar-refractivity contribution in [3.63, 3.8) is 0 Å². The van der Waals surface area contributed by atoms with Crippen LogP contribution in [0.1, 0.15) is 36.8 Å². The second kappa shape index (κ2) is 6.37. The first-order valence-corrected chi connectivity index (χ1v) is 6.93. The summed E-state index contributed by atoms with van der Waals surface area (Å²) in [6.07, 6.45) is 2.38. The lowest BCUT2D eigenvalue weighted by atomic mass is 10.0. The van der Waals surface area contributed by atoms with E-state index in [0.29, 0.717) is 18.1 Å². The first-order valence-electron chi connectivity index (χ1n) is 6.93. The number of hydrogen-bond donors (Lipinski definition) is 0. The highest BCUT2D eigenvalue weighted by Crippen LogP contribution is 2.19. The first-order chi connectivity index (χ1) is 9.63. The molecule has 0 saturated carbocycles. The number of carbonyl (C=O) groups is 1. The van der Waals surface area contributed by atoms with Crippen molar-refractivity contribution in [2.75, 3.05) is 6.61 Å². The molecule has 0 atom stereocenters. The maximum Gasteiger partial charge on any atom is 0.341 e. The second-order valence-corrected chi connectivity index (χ2v) is 5.07. The van der Waals surface area contributed by atoms with Crippen molar-refractivity contribution in [2.24, 2.45) is 5.92 Å². The molecule has 0 aliphatic carbocycles. The van der Waals surface area contributed by atoms with Crippen LogP contribution in [-0.4, -0.2) is 22.4 Å². The van der Waals surface area contributed by atoms with E-state index in [-0.39, 0.29) is 5.97 Å². The van der Waals surface area contributed by atoms with Gasteiger partial charge in [0.1, 0.15) is 5.56 Å². The average Bonchev–Trinajstić information content (AvgIpc) is 2.83. The number of nitrogens with zero attached hydrogens (tertiary/aromatic N) is 2. The highest BCUT2D eigenvalue weighted by atomic mass is 16.5. The molecule has 0 radical (unpaired) electrons. The molecule has 0 N–H and O–H groups in total. The van der Waals surface area contributed by atoms with Crippen molar-refractivity contribution in [3.8, 4) is 5.69 Å². The highest BCUT2D eigenvalue weighted by molar-refractivity contribution is 5.90. The van der Waals surface area contributed by atoms with Crippen LogP contribution in [0.3, 0.4) is 0 Å². The molecule has 2 aromatic rings. The summed E-state index contributed by atoms with van der Waals surface area (Å²) in [6.45, 7) is 6.42. The van der Waals surface area contributed by atoms with E-state index in [0.717, 1.165) is 17.8 Å². The van der Waals surface area contributed by atoms with Crippen LogP contribution in [0.15, 0.2) is 36.5 Å². The number of carbonyl (C=O) groups excluding carboxylic acids is 1. The first kappa shape index (κ1) is 14.3. The minimum absolute atomic E-state index is 0.301. The van der Waals surface area contributed by atoms with E-state index < -0.39 is 0 Å². The molecule has 4 heteroatoms. The van der Waals surface area contributed by atoms with Gasteiger partial charge in [0.2, 0.25) is 0 Å². The van der Waals surface area contributed by atoms with Gasteiger partial charge in [0.25, 0.3) is 0 Å². The summed E-state index contributed by atoms with van der Waals surface area (Å²) < 4.78 is 6.93. The van der Waals surface area contributed by atoms with Crippen LogP contribution in [-0.2, 0) is 11.2 Å². The largest absolute Gasteiger partial charge is 0.462 e. The number of hydrogen-bond acceptors (Lipinski definition) is 3. The quantitative estimate of drug-likeness (QED) is 0.785. The molecule has 1 heterocycles. The van der Waals surface area contributed by atoms with Crippen molar-refractivity contribution in [2.45, 2.75) is 27.2 Å². The van der Waals surface area contributed by atoms with E-state index in [1.807, 2.05) is 41.9 Å². The third-order valence-corrected chi connectivity index (χ3v) is 2.97. The van der Waals surface area contributed by atoms with E-state index in [1.54, 1.807) is 6.20 Å². The zero-order valence-corrected chi connectivity index (χ0v) is 12.2. The van der Waals surface area contributed by atoms with Crippen molar-refractivity contribution in [1.82, 2.24) is 9.78 Å². The Morgan fingerprint density at radius 2 is 2.00 bits per heavy atom. The predicted octanol–water partition coefficient (Wildman–Crippen LogP) is 3.25. The number of ether oxygens (including phenoxy) is 1. The van der Waals surface area contributed by atoms with Crippen LogP contribution in [0, 0.1) is 5.92 Å². The van der Waals surface area contributed by atoms with Crippen LogP contribution in [0.4, 0.5) is 0 Å². The number of aromatic nitrogens is 2. The zero-order chi connectivity index (χ0) is 14.5. The van der Waals surface area contributed by atoms with Gasteiger partial charge in [-0.3, -0.25) is 0 Å². The summed E-state index contributed by atoms with van der Waals surface area (Å²) in [5.41, 5.74) is 2.42. The van der Waals surface area contributed by atoms with Crippen molar-refractivity contribution < 1.29 is 9.53 Å². The van der Waals surface area contributed by atoms with E-state index in [9.17, 15) is 4.79 Å². The molecule has 0 aliphatic heterocycles. The smallest absolute Gasteiger partial charge is 0.341 e. The normalized spacial score (nSPS) is 10.8. The molecule has 0 bridgehead atoms. The van der Waals surface area contributed by atoms with Crippen molar-refractivity contribution in [3.05, 3.63) is 47.8 Å². The molecule has 20 heavy (non-hydrogen) atoms. The lowest BCUT2D eigenvalue weighted by Gasteiger charge is -2.11. The standard InChI is InChI=1S/C16H20N2O2/c1-4-20-16(19)14-11-17-18(15(14)10-12(2)3)13-8-6-5-7-9-13/h5-9,11-12H,4,10H2,1-3H3. The van der Waals surface area contributed by atoms with Gasteiger partial charge in [0.15, 0.2) is 0 Å². The molecule has 1 aromatic carbocycles. The highest BCUT2D eigenvalue weighted by Gasteiger charge is 2.20. The Labute approximate surface area is 119 Å². The van der Waals surface area contributed by atoms with Gasteiger partial charge in [-0.15, -0.1) is 0 Å². The van der Waals surface area contributed by atoms with Crippen LogP contribution < -0.4 is 0 Å². The maximum atomic E-state index is 12.0. The lowest BCUT2D eigenvalue weighted by Crippen LogP contribution is -2.11. The molecule has 0 fully saturated rings. The van der Waals surface area contributed by atoms with Gasteiger partial charge < -0.3 is 4.74 Å². The van der Waals surface area contributed by atoms with Gasteiger partial charge in [-0.2, -0.15) is 5.10 Å². The lowest BCUT2D eigenvalue weighted by molar-refractivity contribution is 0.0525.